The molecule has 1 spiro atoms. The minimum Gasteiger partial charge on any atom is -0.508 e. The minimum atomic E-state index is -1.69. The van der Waals surface area contributed by atoms with Gasteiger partial charge in [-0.1, -0.05) is 56.3 Å². The summed E-state index contributed by atoms with van der Waals surface area (Å²) in [6.45, 7) is 14.0. The van der Waals surface area contributed by atoms with Crippen LogP contribution in [0.1, 0.15) is 156 Å². The number of ketones is 1. The highest BCUT2D eigenvalue weighted by Crippen LogP contribution is 2.60. The second-order valence-electron chi connectivity index (χ2n) is 21.5. The Labute approximate surface area is 456 Å². The molecule has 0 fully saturated rings. The highest BCUT2D eigenvalue weighted by atomic mass is 19.1. The van der Waals surface area contributed by atoms with Crippen LogP contribution in [0.2, 0.25) is 0 Å². The first kappa shape index (κ1) is 57.4. The van der Waals surface area contributed by atoms with E-state index in [0.717, 1.165) is 48.0 Å². The summed E-state index contributed by atoms with van der Waals surface area (Å²) in [6, 6.07) is 22.2. The minimum absolute atomic E-state index is 0.0121. The van der Waals surface area contributed by atoms with Crippen LogP contribution in [0.25, 0.3) is 0 Å². The first-order valence-corrected chi connectivity index (χ1v) is 25.6. The van der Waals surface area contributed by atoms with Gasteiger partial charge in [-0.25, -0.2) is 18.4 Å². The zero-order valence-corrected chi connectivity index (χ0v) is 44.4. The second-order valence-corrected chi connectivity index (χ2v) is 21.5. The van der Waals surface area contributed by atoms with Gasteiger partial charge in [-0.05, 0) is 113 Å². The van der Waals surface area contributed by atoms with Gasteiger partial charge in [0.05, 0.1) is 22.3 Å². The third-order valence-electron chi connectivity index (χ3n) is 15.1. The molecule has 3 unspecified atom stereocenters. The van der Waals surface area contributed by atoms with Crippen molar-refractivity contribution in [1.82, 2.24) is 0 Å². The molecule has 420 valence electrons. The molecule has 80 heavy (non-hydrogen) atoms. The monoisotopic (exact) mass is 1110 g/mol. The fraction of sp³-hybridized carbons (Fsp3) is 0.317. The number of carbonyl (C=O) groups is 5. The standard InChI is InChI=1S/C30H27F2NO6.C16H23NO3.C14H8F2O5/c1-15-14-29(2,3)33(10-6-9-24(34)35)22-13-23-19(11-17(15)22)30(18-8-5-4-7-16(18)28(37)39-30)20-12-21(31)26(36)25(32)27(20)38-23;1-11-10-16(2,3)17(8-4-5-15(19)20)14-9-12(18)6-7-13(11)14;15-9-5-8(12(18)10(16)13(9)19)11(17)6-3-1-2-4-7(6)14(20)21/h4-5,7-8,11-13,15,36H,6,9-10,14H2,1-3H3,(H,34,35);6-7,9,11,18H,4-5,8,10H2,1-3H3,(H,19,20);1-5,18-19H,(H,20,21). The van der Waals surface area contributed by atoms with Gasteiger partial charge in [0, 0.05) is 77.2 Å². The van der Waals surface area contributed by atoms with E-state index in [0.29, 0.717) is 49.0 Å². The van der Waals surface area contributed by atoms with Gasteiger partial charge in [-0.15, -0.1) is 0 Å². The highest BCUT2D eigenvalue weighted by molar-refractivity contribution is 6.15. The van der Waals surface area contributed by atoms with Gasteiger partial charge in [-0.2, -0.15) is 8.78 Å². The molecular weight excluding hydrogens is 1050 g/mol. The zero-order valence-electron chi connectivity index (χ0n) is 44.4. The van der Waals surface area contributed by atoms with Crippen LogP contribution < -0.4 is 14.5 Å². The number of aromatic hydroxyl groups is 4. The highest BCUT2D eigenvalue weighted by Gasteiger charge is 2.56. The van der Waals surface area contributed by atoms with E-state index in [-0.39, 0.29) is 63.6 Å². The number of carboxylic acid groups (broad SMARTS) is 3. The molecule has 0 amide bonds. The molecule has 3 atom stereocenters. The molecule has 7 N–H and O–H groups in total. The number of ether oxygens (including phenoxy) is 2. The lowest BCUT2D eigenvalue weighted by Crippen LogP contribution is -2.49. The summed E-state index contributed by atoms with van der Waals surface area (Å²) in [5, 5.41) is 65.3. The fourth-order valence-electron chi connectivity index (χ4n) is 11.6. The maximum atomic E-state index is 15.4. The van der Waals surface area contributed by atoms with Crippen molar-refractivity contribution in [2.45, 2.75) is 109 Å². The van der Waals surface area contributed by atoms with Gasteiger partial charge in [0.25, 0.3) is 0 Å². The number of phenolic OH excluding ortho intramolecular Hbond substituents is 4. The molecule has 0 aliphatic carbocycles. The molecule has 16 nitrogen and oxygen atoms in total. The maximum Gasteiger partial charge on any atom is 0.340 e. The summed E-state index contributed by atoms with van der Waals surface area (Å²) in [4.78, 5) is 62.6. The summed E-state index contributed by atoms with van der Waals surface area (Å²) in [5.41, 5.74) is 1.52. The van der Waals surface area contributed by atoms with E-state index in [2.05, 4.69) is 51.3 Å². The van der Waals surface area contributed by atoms with Crippen LogP contribution in [-0.2, 0) is 19.9 Å². The van der Waals surface area contributed by atoms with Crippen molar-refractivity contribution in [3.8, 4) is 34.5 Å². The lowest BCUT2D eigenvalue weighted by atomic mass is 9.74. The van der Waals surface area contributed by atoms with E-state index in [4.69, 9.17) is 24.8 Å². The Kier molecular flexibility index (Phi) is 15.6. The molecule has 4 aliphatic rings. The van der Waals surface area contributed by atoms with E-state index in [1.54, 1.807) is 42.5 Å². The molecule has 0 saturated carbocycles. The predicted molar refractivity (Wildman–Crippen MR) is 284 cm³/mol. The van der Waals surface area contributed by atoms with Crippen molar-refractivity contribution in [3.05, 3.63) is 164 Å². The smallest absolute Gasteiger partial charge is 0.340 e. The Morgan fingerprint density at radius 2 is 1.14 bits per heavy atom. The number of carboxylic acids is 3. The molecule has 10 rings (SSSR count). The number of phenols is 4. The van der Waals surface area contributed by atoms with Crippen LogP contribution in [0.5, 0.6) is 34.5 Å². The Bertz CT molecular complexity index is 3510. The summed E-state index contributed by atoms with van der Waals surface area (Å²) in [6.07, 6.45) is 3.02. The number of carbonyl (C=O) groups excluding carboxylic acids is 2. The van der Waals surface area contributed by atoms with Crippen molar-refractivity contribution in [1.29, 1.82) is 0 Å². The number of fused-ring (bicyclic) bond motifs is 8. The van der Waals surface area contributed by atoms with Gasteiger partial charge >= 0.3 is 23.9 Å². The molecule has 6 aromatic rings. The molecule has 0 radical (unpaired) electrons. The van der Waals surface area contributed by atoms with Crippen molar-refractivity contribution >= 4 is 41.0 Å². The van der Waals surface area contributed by atoms with Gasteiger partial charge in [0.1, 0.15) is 11.5 Å². The van der Waals surface area contributed by atoms with E-state index in [1.165, 1.54) is 17.7 Å². The van der Waals surface area contributed by atoms with Crippen LogP contribution in [0, 0.1) is 23.3 Å². The van der Waals surface area contributed by atoms with E-state index < -0.39 is 87.1 Å². The number of hydrogen-bond acceptors (Lipinski definition) is 13. The van der Waals surface area contributed by atoms with Crippen LogP contribution >= 0.6 is 0 Å². The molecule has 6 aromatic carbocycles. The summed E-state index contributed by atoms with van der Waals surface area (Å²) >= 11 is 0. The normalized spacial score (nSPS) is 18.6. The molecule has 20 heteroatoms. The average molecular weight is 1110 g/mol. The third kappa shape index (κ3) is 10.5. The summed E-state index contributed by atoms with van der Waals surface area (Å²) in [7, 11) is 0. The van der Waals surface area contributed by atoms with Crippen molar-refractivity contribution in [2.75, 3.05) is 22.9 Å². The van der Waals surface area contributed by atoms with Crippen molar-refractivity contribution in [2.24, 2.45) is 0 Å². The van der Waals surface area contributed by atoms with Crippen molar-refractivity contribution in [3.63, 3.8) is 0 Å². The summed E-state index contributed by atoms with van der Waals surface area (Å²) < 4.78 is 68.9. The molecular formula is C60H58F4N2O14. The number of benzene rings is 6. The van der Waals surface area contributed by atoms with E-state index >= 15 is 4.39 Å². The van der Waals surface area contributed by atoms with Crippen LogP contribution in [0.15, 0.2) is 91.0 Å². The maximum absolute atomic E-state index is 15.4. The number of aliphatic carboxylic acids is 2. The topological polar surface area (TPSA) is 252 Å². The van der Waals surface area contributed by atoms with Gasteiger partial charge in [-0.3, -0.25) is 14.4 Å². The lowest BCUT2D eigenvalue weighted by molar-refractivity contribution is -0.138. The zero-order chi connectivity index (χ0) is 58.5. The third-order valence-corrected chi connectivity index (χ3v) is 15.1. The van der Waals surface area contributed by atoms with Gasteiger partial charge < -0.3 is 55.0 Å². The van der Waals surface area contributed by atoms with Crippen LogP contribution in [0.4, 0.5) is 28.9 Å². The molecule has 4 heterocycles. The Balaban J connectivity index is 0.000000174. The Hall–Kier alpha value is -8.81. The van der Waals surface area contributed by atoms with Gasteiger partial charge in [0.2, 0.25) is 11.6 Å². The van der Waals surface area contributed by atoms with Crippen LogP contribution in [0.3, 0.4) is 0 Å². The number of rotatable bonds is 11. The molecule has 0 saturated heterocycles. The SMILES string of the molecule is CC1CC(C)(C)N(CCCC(=O)O)c2cc(O)ccc21.CC1CC(C)(C)N(CCCC(=O)O)c2cc3c(cc21)C1(OC(=O)c2ccccc21)c1cc(F)c(O)c(F)c1O3.O=C(O)c1ccccc1C(=O)c1cc(F)c(O)c(F)c1O. The molecule has 0 bridgehead atoms. The van der Waals surface area contributed by atoms with Crippen molar-refractivity contribution < 1.29 is 86.8 Å². The number of aromatic carboxylic acids is 1. The fourth-order valence-corrected chi connectivity index (χ4v) is 11.6. The average Bonchev–Trinajstić information content (AvgIpc) is 3.94. The van der Waals surface area contributed by atoms with E-state index in [1.807, 2.05) is 12.1 Å². The Morgan fingerprint density at radius 1 is 0.600 bits per heavy atom. The van der Waals surface area contributed by atoms with Gasteiger partial charge in [0.15, 0.2) is 46.0 Å². The largest absolute Gasteiger partial charge is 0.508 e. The molecule has 4 aliphatic heterocycles. The quantitative estimate of drug-likeness (QED) is 0.0362. The lowest BCUT2D eigenvalue weighted by Gasteiger charge is -2.48. The van der Waals surface area contributed by atoms with Crippen LogP contribution in [-0.4, -0.2) is 89.6 Å². The second kappa shape index (κ2) is 21.8. The number of anilines is 2. The molecule has 0 aromatic heterocycles. The van der Waals surface area contributed by atoms with E-state index in [9.17, 15) is 57.6 Å². The first-order chi connectivity index (χ1) is 37.6. The first-order valence-electron chi connectivity index (χ1n) is 25.6. The number of halogens is 4. The number of hydrogen-bond donors (Lipinski definition) is 7. The predicted octanol–water partition coefficient (Wildman–Crippen LogP) is 11.8. The number of esters is 1. The number of nitrogens with zero attached hydrogens (tertiary/aromatic N) is 2. The Morgan fingerprint density at radius 3 is 1.74 bits per heavy atom. The summed E-state index contributed by atoms with van der Waals surface area (Å²) in [5.74, 6) is -13.7.